The molecule has 0 bridgehead atoms. The molecule has 0 amide bonds. The number of carboxylic acid groups (broad SMARTS) is 1. The van der Waals surface area contributed by atoms with Crippen molar-refractivity contribution < 1.29 is 27.8 Å². The Labute approximate surface area is 79.2 Å². The molecular weight excluding hydrogens is 201 g/mol. The van der Waals surface area contributed by atoms with Crippen LogP contribution >= 0.6 is 0 Å². The Kier molecular flexibility index (Phi) is 4.12. The summed E-state index contributed by atoms with van der Waals surface area (Å²) in [6, 6.07) is 0. The summed E-state index contributed by atoms with van der Waals surface area (Å²) in [6.07, 6.45) is -3.40. The molecule has 0 aliphatic heterocycles. The lowest BCUT2D eigenvalue weighted by molar-refractivity contribution is -0.182. The van der Waals surface area contributed by atoms with E-state index in [-0.39, 0.29) is 0 Å². The van der Waals surface area contributed by atoms with Gasteiger partial charge in [-0.15, -0.1) is 6.58 Å². The molecule has 0 aromatic carbocycles. The van der Waals surface area contributed by atoms with Crippen molar-refractivity contribution in [3.05, 3.63) is 12.7 Å². The summed E-state index contributed by atoms with van der Waals surface area (Å²) in [5.41, 5.74) is -1.48. The van der Waals surface area contributed by atoms with Gasteiger partial charge in [0.05, 0.1) is 6.61 Å². The van der Waals surface area contributed by atoms with E-state index < -0.39 is 30.8 Å². The number of carboxylic acids is 1. The fraction of sp³-hybridized carbons (Fsp3) is 0.625. The van der Waals surface area contributed by atoms with E-state index in [1.165, 1.54) is 6.92 Å². The molecule has 14 heavy (non-hydrogen) atoms. The molecule has 0 aliphatic rings. The molecule has 82 valence electrons. The van der Waals surface area contributed by atoms with E-state index in [0.717, 1.165) is 6.08 Å². The van der Waals surface area contributed by atoms with Crippen LogP contribution in [-0.4, -0.2) is 30.5 Å². The Bertz CT molecular complexity index is 224. The molecule has 0 saturated carbocycles. The zero-order valence-corrected chi connectivity index (χ0v) is 7.60. The van der Waals surface area contributed by atoms with Crippen molar-refractivity contribution in [1.29, 1.82) is 0 Å². The number of rotatable bonds is 5. The number of aliphatic carboxylic acids is 1. The molecule has 0 saturated heterocycles. The van der Waals surface area contributed by atoms with Crippen LogP contribution in [0.4, 0.5) is 13.2 Å². The van der Waals surface area contributed by atoms with E-state index in [1.54, 1.807) is 0 Å². The van der Waals surface area contributed by atoms with Gasteiger partial charge in [0.1, 0.15) is 12.0 Å². The number of alkyl halides is 3. The fourth-order valence-electron chi connectivity index (χ4n) is 0.587. The molecule has 3 nitrogen and oxygen atoms in total. The molecular formula is C8H11F3O3. The van der Waals surface area contributed by atoms with Crippen molar-refractivity contribution in [2.24, 2.45) is 5.41 Å². The summed E-state index contributed by atoms with van der Waals surface area (Å²) in [4.78, 5) is 10.6. The Balaban J connectivity index is 4.10. The lowest BCUT2D eigenvalue weighted by atomic mass is 9.92. The van der Waals surface area contributed by atoms with Crippen LogP contribution in [0.15, 0.2) is 12.7 Å². The molecule has 0 rings (SSSR count). The minimum atomic E-state index is -4.44. The van der Waals surface area contributed by atoms with Crippen molar-refractivity contribution >= 4 is 5.97 Å². The monoisotopic (exact) mass is 212 g/mol. The number of hydrogen-bond donors (Lipinski definition) is 1. The van der Waals surface area contributed by atoms with Crippen molar-refractivity contribution in [3.63, 3.8) is 0 Å². The average molecular weight is 212 g/mol. The standard InChI is InChI=1S/C8H11F3O3/c1-3-7(2,6(12)13)4-14-5-8(9,10)11/h3H,1,4-5H2,2H3,(H,12,13). The summed E-state index contributed by atoms with van der Waals surface area (Å²) < 4.78 is 39.2. The maximum atomic E-state index is 11.6. The molecule has 6 heteroatoms. The number of halogens is 3. The first-order valence-corrected chi connectivity index (χ1v) is 3.73. The quantitative estimate of drug-likeness (QED) is 0.707. The Hall–Kier alpha value is -1.04. The van der Waals surface area contributed by atoms with E-state index >= 15 is 0 Å². The van der Waals surface area contributed by atoms with Crippen LogP contribution < -0.4 is 0 Å². The summed E-state index contributed by atoms with van der Waals surface area (Å²) in [5, 5.41) is 8.63. The van der Waals surface area contributed by atoms with Gasteiger partial charge in [0.15, 0.2) is 0 Å². The molecule has 0 fully saturated rings. The van der Waals surface area contributed by atoms with Gasteiger partial charge in [0.25, 0.3) is 0 Å². The smallest absolute Gasteiger partial charge is 0.411 e. The summed E-state index contributed by atoms with van der Waals surface area (Å²) in [7, 11) is 0. The molecule has 1 atom stereocenters. The Morgan fingerprint density at radius 1 is 1.50 bits per heavy atom. The Morgan fingerprint density at radius 2 is 2.00 bits per heavy atom. The van der Waals surface area contributed by atoms with Gasteiger partial charge in [-0.2, -0.15) is 13.2 Å². The number of carbonyl (C=O) groups is 1. The minimum Gasteiger partial charge on any atom is -0.481 e. The highest BCUT2D eigenvalue weighted by atomic mass is 19.4. The highest BCUT2D eigenvalue weighted by Gasteiger charge is 2.33. The van der Waals surface area contributed by atoms with Gasteiger partial charge in [0.2, 0.25) is 0 Å². The van der Waals surface area contributed by atoms with Crippen molar-refractivity contribution in [2.45, 2.75) is 13.1 Å². The number of ether oxygens (including phenoxy) is 1. The van der Waals surface area contributed by atoms with Crippen LogP contribution in [0, 0.1) is 5.41 Å². The third-order valence-electron chi connectivity index (χ3n) is 1.61. The van der Waals surface area contributed by atoms with E-state index in [0.29, 0.717) is 0 Å². The third kappa shape index (κ3) is 4.27. The fourth-order valence-corrected chi connectivity index (χ4v) is 0.587. The van der Waals surface area contributed by atoms with Crippen LogP contribution in [0.5, 0.6) is 0 Å². The van der Waals surface area contributed by atoms with Gasteiger partial charge in [-0.3, -0.25) is 4.79 Å². The molecule has 0 aromatic rings. The van der Waals surface area contributed by atoms with Crippen LogP contribution in [0.2, 0.25) is 0 Å². The van der Waals surface area contributed by atoms with Gasteiger partial charge in [-0.25, -0.2) is 0 Å². The maximum Gasteiger partial charge on any atom is 0.411 e. The largest absolute Gasteiger partial charge is 0.481 e. The summed E-state index contributed by atoms with van der Waals surface area (Å²) in [5.74, 6) is -1.27. The lowest BCUT2D eigenvalue weighted by Gasteiger charge is -2.20. The minimum absolute atomic E-state index is 0.550. The van der Waals surface area contributed by atoms with Gasteiger partial charge in [-0.05, 0) is 6.92 Å². The van der Waals surface area contributed by atoms with Crippen LogP contribution in [-0.2, 0) is 9.53 Å². The second kappa shape index (κ2) is 4.45. The van der Waals surface area contributed by atoms with E-state index in [2.05, 4.69) is 11.3 Å². The predicted molar refractivity (Wildman–Crippen MR) is 42.8 cm³/mol. The van der Waals surface area contributed by atoms with Crippen molar-refractivity contribution in [3.8, 4) is 0 Å². The molecule has 0 heterocycles. The topological polar surface area (TPSA) is 46.5 Å². The Morgan fingerprint density at radius 3 is 2.29 bits per heavy atom. The molecule has 0 aliphatic carbocycles. The second-order valence-corrected chi connectivity index (χ2v) is 3.03. The zero-order chi connectivity index (χ0) is 11.4. The van der Waals surface area contributed by atoms with Crippen molar-refractivity contribution in [1.82, 2.24) is 0 Å². The van der Waals surface area contributed by atoms with E-state index in [1.807, 2.05) is 0 Å². The van der Waals surface area contributed by atoms with Gasteiger partial charge < -0.3 is 9.84 Å². The maximum absolute atomic E-state index is 11.6. The first-order valence-electron chi connectivity index (χ1n) is 3.73. The molecule has 0 aromatic heterocycles. The lowest BCUT2D eigenvalue weighted by Crippen LogP contribution is -2.32. The zero-order valence-electron chi connectivity index (χ0n) is 7.60. The van der Waals surface area contributed by atoms with E-state index in [4.69, 9.17) is 5.11 Å². The molecule has 1 unspecified atom stereocenters. The normalized spacial score (nSPS) is 16.0. The molecule has 0 radical (unpaired) electrons. The van der Waals surface area contributed by atoms with Gasteiger partial charge in [0, 0.05) is 0 Å². The SMILES string of the molecule is C=CC(C)(COCC(F)(F)F)C(=O)O. The highest BCUT2D eigenvalue weighted by Crippen LogP contribution is 2.21. The average Bonchev–Trinajstić information content (AvgIpc) is 2.01. The second-order valence-electron chi connectivity index (χ2n) is 3.03. The summed E-state index contributed by atoms with van der Waals surface area (Å²) >= 11 is 0. The summed E-state index contributed by atoms with van der Waals surface area (Å²) in [6.45, 7) is 2.46. The van der Waals surface area contributed by atoms with E-state index in [9.17, 15) is 18.0 Å². The predicted octanol–water partition coefficient (Wildman–Crippen LogP) is 1.84. The molecule has 0 spiro atoms. The van der Waals surface area contributed by atoms with Crippen molar-refractivity contribution in [2.75, 3.05) is 13.2 Å². The molecule has 1 N–H and O–H groups in total. The van der Waals surface area contributed by atoms with Crippen LogP contribution in [0.3, 0.4) is 0 Å². The van der Waals surface area contributed by atoms with Crippen LogP contribution in [0.1, 0.15) is 6.92 Å². The highest BCUT2D eigenvalue weighted by molar-refractivity contribution is 5.76. The van der Waals surface area contributed by atoms with Gasteiger partial charge >= 0.3 is 12.1 Å². The van der Waals surface area contributed by atoms with Gasteiger partial charge in [-0.1, -0.05) is 6.08 Å². The first kappa shape index (κ1) is 13.0. The first-order chi connectivity index (χ1) is 6.21. The van der Waals surface area contributed by atoms with Crippen LogP contribution in [0.25, 0.3) is 0 Å². The third-order valence-corrected chi connectivity index (χ3v) is 1.61. The number of hydrogen-bond acceptors (Lipinski definition) is 2.